The van der Waals surface area contributed by atoms with Gasteiger partial charge in [-0.3, -0.25) is 0 Å². The zero-order valence-electron chi connectivity index (χ0n) is 8.25. The van der Waals surface area contributed by atoms with Crippen molar-refractivity contribution in [2.45, 2.75) is 13.3 Å². The van der Waals surface area contributed by atoms with Crippen LogP contribution in [0.1, 0.15) is 22.8 Å². The molecule has 0 aliphatic rings. The Balaban J connectivity index is 3.28. The van der Waals surface area contributed by atoms with Crippen molar-refractivity contribution < 1.29 is 15.0 Å². The van der Waals surface area contributed by atoms with Gasteiger partial charge in [0.15, 0.2) is 0 Å². The number of phenols is 1. The maximum Gasteiger partial charge on any atom is 0.339 e. The molecule has 1 rings (SSSR count). The van der Waals surface area contributed by atoms with Crippen molar-refractivity contribution in [2.24, 2.45) is 0 Å². The molecule has 3 nitrogen and oxygen atoms in total. The van der Waals surface area contributed by atoms with Gasteiger partial charge < -0.3 is 10.2 Å². The van der Waals surface area contributed by atoms with Gasteiger partial charge >= 0.3 is 5.97 Å². The second kappa shape index (κ2) is 4.49. The Bertz CT molecular complexity index is 424. The standard InChI is InChI=1S/C11H11BrO3/c1-6(2)3-7-4-8(12)5-9(10(7)13)11(14)15/h4-5,13H,1,3H2,2H3,(H,14,15). The summed E-state index contributed by atoms with van der Waals surface area (Å²) in [5.74, 6) is -1.33. The van der Waals surface area contributed by atoms with E-state index in [2.05, 4.69) is 22.5 Å². The van der Waals surface area contributed by atoms with E-state index in [0.717, 1.165) is 5.57 Å². The lowest BCUT2D eigenvalue weighted by atomic mass is 10.0. The molecule has 0 amide bonds. The highest BCUT2D eigenvalue weighted by Crippen LogP contribution is 2.28. The van der Waals surface area contributed by atoms with Gasteiger partial charge in [0, 0.05) is 4.47 Å². The molecule has 0 bridgehead atoms. The molecule has 0 atom stereocenters. The Morgan fingerprint density at radius 3 is 2.60 bits per heavy atom. The summed E-state index contributed by atoms with van der Waals surface area (Å²) in [6, 6.07) is 3.07. The Hall–Kier alpha value is -1.29. The van der Waals surface area contributed by atoms with Crippen LogP contribution in [0, 0.1) is 0 Å². The van der Waals surface area contributed by atoms with Gasteiger partial charge in [-0.15, -0.1) is 0 Å². The number of aromatic hydroxyl groups is 1. The van der Waals surface area contributed by atoms with E-state index in [-0.39, 0.29) is 11.3 Å². The molecule has 0 aliphatic heterocycles. The summed E-state index contributed by atoms with van der Waals surface area (Å²) >= 11 is 3.20. The third-order valence-corrected chi connectivity index (χ3v) is 2.33. The zero-order valence-corrected chi connectivity index (χ0v) is 9.84. The number of rotatable bonds is 3. The largest absolute Gasteiger partial charge is 0.507 e. The maximum absolute atomic E-state index is 10.8. The molecule has 0 heterocycles. The monoisotopic (exact) mass is 270 g/mol. The lowest BCUT2D eigenvalue weighted by Gasteiger charge is -2.08. The van der Waals surface area contributed by atoms with E-state index in [4.69, 9.17) is 5.11 Å². The molecule has 1 aromatic rings. The van der Waals surface area contributed by atoms with E-state index >= 15 is 0 Å². The van der Waals surface area contributed by atoms with Crippen molar-refractivity contribution in [1.29, 1.82) is 0 Å². The van der Waals surface area contributed by atoms with Gasteiger partial charge in [0.1, 0.15) is 11.3 Å². The smallest absolute Gasteiger partial charge is 0.339 e. The summed E-state index contributed by atoms with van der Waals surface area (Å²) in [6.45, 7) is 5.54. The van der Waals surface area contributed by atoms with E-state index in [9.17, 15) is 9.90 Å². The number of allylic oxidation sites excluding steroid dienone is 1. The predicted molar refractivity (Wildman–Crippen MR) is 61.3 cm³/mol. The third kappa shape index (κ3) is 2.83. The molecular weight excluding hydrogens is 260 g/mol. The first-order valence-corrected chi connectivity index (χ1v) is 5.10. The number of carboxylic acids is 1. The normalized spacial score (nSPS) is 10.0. The van der Waals surface area contributed by atoms with Crippen molar-refractivity contribution in [1.82, 2.24) is 0 Å². The van der Waals surface area contributed by atoms with Gasteiger partial charge in [-0.2, -0.15) is 0 Å². The predicted octanol–water partition coefficient (Wildman–Crippen LogP) is 2.97. The molecule has 0 spiro atoms. The van der Waals surface area contributed by atoms with Crippen molar-refractivity contribution in [3.63, 3.8) is 0 Å². The quantitative estimate of drug-likeness (QED) is 0.831. The molecular formula is C11H11BrO3. The second-order valence-corrected chi connectivity index (χ2v) is 4.32. The van der Waals surface area contributed by atoms with Crippen LogP contribution in [0.3, 0.4) is 0 Å². The fourth-order valence-corrected chi connectivity index (χ4v) is 1.78. The van der Waals surface area contributed by atoms with Gasteiger partial charge in [-0.25, -0.2) is 4.79 Å². The minimum atomic E-state index is -1.14. The molecule has 0 fully saturated rings. The number of halogens is 1. The fourth-order valence-electron chi connectivity index (χ4n) is 1.28. The summed E-state index contributed by atoms with van der Waals surface area (Å²) < 4.78 is 0.633. The van der Waals surface area contributed by atoms with Crippen LogP contribution in [0.2, 0.25) is 0 Å². The number of hydrogen-bond donors (Lipinski definition) is 2. The third-order valence-electron chi connectivity index (χ3n) is 1.88. The van der Waals surface area contributed by atoms with Crippen LogP contribution in [0.25, 0.3) is 0 Å². The highest BCUT2D eigenvalue weighted by molar-refractivity contribution is 9.10. The average Bonchev–Trinajstić information content (AvgIpc) is 2.09. The topological polar surface area (TPSA) is 57.5 Å². The average molecular weight is 271 g/mol. The van der Waals surface area contributed by atoms with Crippen molar-refractivity contribution >= 4 is 21.9 Å². The van der Waals surface area contributed by atoms with E-state index in [0.29, 0.717) is 16.5 Å². The van der Waals surface area contributed by atoms with Gasteiger partial charge in [0.2, 0.25) is 0 Å². The fraction of sp³-hybridized carbons (Fsp3) is 0.182. The zero-order chi connectivity index (χ0) is 11.6. The summed E-state index contributed by atoms with van der Waals surface area (Å²) in [6.07, 6.45) is 0.464. The summed E-state index contributed by atoms with van der Waals surface area (Å²) in [5.41, 5.74) is 1.33. The van der Waals surface area contributed by atoms with Crippen LogP contribution >= 0.6 is 15.9 Å². The molecule has 2 N–H and O–H groups in total. The second-order valence-electron chi connectivity index (χ2n) is 3.40. The van der Waals surface area contributed by atoms with Crippen molar-refractivity contribution in [2.75, 3.05) is 0 Å². The number of carbonyl (C=O) groups is 1. The highest BCUT2D eigenvalue weighted by Gasteiger charge is 2.14. The molecule has 0 saturated carbocycles. The minimum Gasteiger partial charge on any atom is -0.507 e. The van der Waals surface area contributed by atoms with E-state index in [1.807, 2.05) is 6.92 Å². The Labute approximate surface area is 96.2 Å². The van der Waals surface area contributed by atoms with Gasteiger partial charge in [0.05, 0.1) is 0 Å². The van der Waals surface area contributed by atoms with Crippen LogP contribution in [-0.2, 0) is 6.42 Å². The number of benzene rings is 1. The highest BCUT2D eigenvalue weighted by atomic mass is 79.9. The molecule has 0 aliphatic carbocycles. The summed E-state index contributed by atoms with van der Waals surface area (Å²) in [7, 11) is 0. The van der Waals surface area contributed by atoms with E-state index in [1.54, 1.807) is 6.07 Å². The molecule has 15 heavy (non-hydrogen) atoms. The van der Waals surface area contributed by atoms with Crippen LogP contribution in [0.4, 0.5) is 0 Å². The molecule has 0 radical (unpaired) electrons. The van der Waals surface area contributed by atoms with E-state index < -0.39 is 5.97 Å². The first kappa shape index (κ1) is 11.8. The number of aromatic carboxylic acids is 1. The molecule has 0 aromatic heterocycles. The molecule has 4 heteroatoms. The molecule has 80 valence electrons. The van der Waals surface area contributed by atoms with Crippen molar-refractivity contribution in [3.8, 4) is 5.75 Å². The molecule has 0 unspecified atom stereocenters. The van der Waals surface area contributed by atoms with E-state index in [1.165, 1.54) is 6.07 Å². The SMILES string of the molecule is C=C(C)Cc1cc(Br)cc(C(=O)O)c1O. The molecule has 0 saturated heterocycles. The van der Waals surface area contributed by atoms with Crippen LogP contribution in [0.5, 0.6) is 5.75 Å². The number of carboxylic acid groups (broad SMARTS) is 1. The van der Waals surface area contributed by atoms with Gasteiger partial charge in [0.25, 0.3) is 0 Å². The first-order valence-electron chi connectivity index (χ1n) is 4.31. The molecule has 1 aromatic carbocycles. The van der Waals surface area contributed by atoms with Crippen LogP contribution in [-0.4, -0.2) is 16.2 Å². The van der Waals surface area contributed by atoms with Gasteiger partial charge in [-0.05, 0) is 31.0 Å². The van der Waals surface area contributed by atoms with Crippen LogP contribution in [0.15, 0.2) is 28.8 Å². The maximum atomic E-state index is 10.8. The Morgan fingerprint density at radius 1 is 1.53 bits per heavy atom. The van der Waals surface area contributed by atoms with Crippen LogP contribution < -0.4 is 0 Å². The van der Waals surface area contributed by atoms with Crippen molar-refractivity contribution in [3.05, 3.63) is 39.9 Å². The van der Waals surface area contributed by atoms with Gasteiger partial charge in [-0.1, -0.05) is 28.1 Å². The lowest BCUT2D eigenvalue weighted by Crippen LogP contribution is -2.00. The first-order chi connectivity index (χ1) is 6.91. The minimum absolute atomic E-state index is 0.0966. The Morgan fingerprint density at radius 2 is 2.13 bits per heavy atom. The lowest BCUT2D eigenvalue weighted by molar-refractivity contribution is 0.0693. The summed E-state index contributed by atoms with van der Waals surface area (Å²) in [5, 5.41) is 18.5. The summed E-state index contributed by atoms with van der Waals surface area (Å²) in [4.78, 5) is 10.8. The Kier molecular flexibility index (Phi) is 3.52. The number of hydrogen-bond acceptors (Lipinski definition) is 2.